The van der Waals surface area contributed by atoms with E-state index in [4.69, 9.17) is 13.1 Å². The van der Waals surface area contributed by atoms with Gasteiger partial charge in [0.05, 0.1) is 24.6 Å². The number of ether oxygens (including phenoxy) is 1. The Morgan fingerprint density at radius 2 is 1.93 bits per heavy atom. The molecular formula is C17H23NO7S2. The van der Waals surface area contributed by atoms with Gasteiger partial charge in [-0.05, 0) is 31.5 Å². The summed E-state index contributed by atoms with van der Waals surface area (Å²) in [7, 11) is -0.908. The number of nitrogens with zero attached hydrogens (tertiary/aromatic N) is 1. The molecule has 27 heavy (non-hydrogen) atoms. The molecule has 0 aliphatic carbocycles. The van der Waals surface area contributed by atoms with Crippen molar-refractivity contribution in [2.75, 3.05) is 24.7 Å². The quantitative estimate of drug-likeness (QED) is 0.494. The Morgan fingerprint density at radius 1 is 1.30 bits per heavy atom. The Labute approximate surface area is 162 Å². The number of benzene rings is 1. The molecule has 1 aliphatic rings. The van der Waals surface area contributed by atoms with Crippen molar-refractivity contribution in [2.45, 2.75) is 32.3 Å². The zero-order valence-electron chi connectivity index (χ0n) is 16.0. The summed E-state index contributed by atoms with van der Waals surface area (Å²) in [5.41, 5.74) is 0.247. The molecule has 10 heteroatoms. The van der Waals surface area contributed by atoms with Gasteiger partial charge in [-0.25, -0.2) is 9.00 Å². The van der Waals surface area contributed by atoms with Crippen molar-refractivity contribution in [3.05, 3.63) is 41.2 Å². The lowest BCUT2D eigenvalue weighted by molar-refractivity contribution is -0.145. The molecule has 2 rings (SSSR count). The maximum absolute atomic E-state index is 12.4. The van der Waals surface area contributed by atoms with Gasteiger partial charge in [-0.3, -0.25) is 8.49 Å². The van der Waals surface area contributed by atoms with Crippen molar-refractivity contribution in [1.29, 1.82) is 0 Å². The van der Waals surface area contributed by atoms with Gasteiger partial charge in [-0.2, -0.15) is 8.42 Å². The Balaban J connectivity index is 2.51. The molecule has 0 bridgehead atoms. The Hall–Kier alpha value is -1.91. The molecule has 0 radical (unpaired) electrons. The van der Waals surface area contributed by atoms with Gasteiger partial charge in [0, 0.05) is 13.0 Å². The van der Waals surface area contributed by atoms with Crippen LogP contribution >= 0.6 is 0 Å². The molecule has 0 saturated heterocycles. The summed E-state index contributed by atoms with van der Waals surface area (Å²) >= 11 is -1.66. The third-order valence-corrected chi connectivity index (χ3v) is 5.54. The molecule has 0 N–H and O–H groups in total. The first-order chi connectivity index (χ1) is 12.4. The summed E-state index contributed by atoms with van der Waals surface area (Å²) in [6.07, 6.45) is 0.913. The van der Waals surface area contributed by atoms with E-state index in [0.717, 1.165) is 6.26 Å². The summed E-state index contributed by atoms with van der Waals surface area (Å²) in [4.78, 5) is 12.4. The molecular weight excluding hydrogens is 394 g/mol. The van der Waals surface area contributed by atoms with Gasteiger partial charge < -0.3 is 8.92 Å². The van der Waals surface area contributed by atoms with E-state index >= 15 is 0 Å². The molecule has 1 aliphatic heterocycles. The van der Waals surface area contributed by atoms with Crippen molar-refractivity contribution >= 4 is 33.0 Å². The van der Waals surface area contributed by atoms with Crippen LogP contribution in [0.1, 0.15) is 32.3 Å². The molecule has 0 saturated carbocycles. The highest BCUT2D eigenvalue weighted by Crippen LogP contribution is 2.41. The van der Waals surface area contributed by atoms with Crippen LogP contribution in [0.5, 0.6) is 0 Å². The van der Waals surface area contributed by atoms with Gasteiger partial charge in [0.25, 0.3) is 11.3 Å². The second kappa shape index (κ2) is 7.61. The van der Waals surface area contributed by atoms with Crippen LogP contribution in [0.3, 0.4) is 0 Å². The fourth-order valence-corrected chi connectivity index (χ4v) is 3.88. The number of hydrogen-bond donors (Lipinski definition) is 0. The summed E-state index contributed by atoms with van der Waals surface area (Å²) < 4.78 is 51.8. The summed E-state index contributed by atoms with van der Waals surface area (Å²) in [6, 6.07) is 7.01. The van der Waals surface area contributed by atoms with Crippen molar-refractivity contribution in [3.63, 3.8) is 0 Å². The second-order valence-electron chi connectivity index (χ2n) is 6.63. The van der Waals surface area contributed by atoms with E-state index in [-0.39, 0.29) is 11.3 Å². The van der Waals surface area contributed by atoms with E-state index in [0.29, 0.717) is 11.3 Å². The van der Waals surface area contributed by atoms with Gasteiger partial charge in [-0.1, -0.05) is 19.1 Å². The smallest absolute Gasteiger partial charge is 0.339 e. The first kappa shape index (κ1) is 21.4. The van der Waals surface area contributed by atoms with Crippen LogP contribution in [-0.2, 0) is 39.3 Å². The van der Waals surface area contributed by atoms with E-state index in [1.165, 1.54) is 11.4 Å². The predicted molar refractivity (Wildman–Crippen MR) is 102 cm³/mol. The van der Waals surface area contributed by atoms with Crippen molar-refractivity contribution in [3.8, 4) is 0 Å². The largest absolute Gasteiger partial charge is 0.448 e. The molecule has 0 aromatic heterocycles. The first-order valence-electron chi connectivity index (χ1n) is 8.05. The molecule has 1 heterocycles. The number of rotatable bonds is 7. The minimum atomic E-state index is -3.84. The van der Waals surface area contributed by atoms with Crippen LogP contribution in [0.4, 0.5) is 5.69 Å². The highest BCUT2D eigenvalue weighted by atomic mass is 32.2. The summed E-state index contributed by atoms with van der Waals surface area (Å²) in [6.45, 7) is 4.88. The Kier molecular flexibility index (Phi) is 6.03. The van der Waals surface area contributed by atoms with Crippen molar-refractivity contribution < 1.29 is 30.5 Å². The molecule has 150 valence electrons. The second-order valence-corrected chi connectivity index (χ2v) is 9.52. The van der Waals surface area contributed by atoms with Crippen LogP contribution in [-0.4, -0.2) is 44.6 Å². The third-order valence-electron chi connectivity index (χ3n) is 4.13. The summed E-state index contributed by atoms with van der Waals surface area (Å²) in [5.74, 6) is -1.17. The molecule has 0 spiro atoms. The Morgan fingerprint density at radius 3 is 2.48 bits per heavy atom. The average Bonchev–Trinajstić information content (AvgIpc) is 2.79. The minimum Gasteiger partial charge on any atom is -0.448 e. The standard InChI is InChI=1S/C17H23NO7S2/c1-11(12-8-7-9-13(10-12)18(4)26(20)23-5)14-15(25-27(6,21)22)17(2,3)24-16(14)19/h7-11H,1-6H3. The van der Waals surface area contributed by atoms with E-state index in [2.05, 4.69) is 0 Å². The first-order valence-corrected chi connectivity index (χ1v) is 10.9. The fourth-order valence-electron chi connectivity index (χ4n) is 2.77. The zero-order valence-corrected chi connectivity index (χ0v) is 17.6. The monoisotopic (exact) mass is 417 g/mol. The average molecular weight is 418 g/mol. The highest BCUT2D eigenvalue weighted by molar-refractivity contribution is 7.86. The lowest BCUT2D eigenvalue weighted by Gasteiger charge is -2.21. The van der Waals surface area contributed by atoms with Crippen LogP contribution in [0.15, 0.2) is 35.6 Å². The number of cyclic esters (lactones) is 1. The molecule has 1 aromatic carbocycles. The van der Waals surface area contributed by atoms with E-state index in [9.17, 15) is 17.4 Å². The molecule has 2 atom stereocenters. The van der Waals surface area contributed by atoms with Crippen LogP contribution in [0.2, 0.25) is 0 Å². The van der Waals surface area contributed by atoms with E-state index in [1.807, 2.05) is 0 Å². The van der Waals surface area contributed by atoms with Crippen LogP contribution in [0, 0.1) is 0 Å². The third kappa shape index (κ3) is 4.69. The normalized spacial score (nSPS) is 18.8. The lowest BCUT2D eigenvalue weighted by atomic mass is 9.90. The predicted octanol–water partition coefficient (Wildman–Crippen LogP) is 2.02. The van der Waals surface area contributed by atoms with Gasteiger partial charge in [0.2, 0.25) is 0 Å². The van der Waals surface area contributed by atoms with Gasteiger partial charge in [0.1, 0.15) is 0 Å². The number of carbonyl (C=O) groups is 1. The van der Waals surface area contributed by atoms with Gasteiger partial charge >= 0.3 is 16.1 Å². The van der Waals surface area contributed by atoms with E-state index in [1.54, 1.807) is 52.1 Å². The zero-order chi connectivity index (χ0) is 20.6. The number of esters is 1. The van der Waals surface area contributed by atoms with Crippen molar-refractivity contribution in [1.82, 2.24) is 0 Å². The highest BCUT2D eigenvalue weighted by Gasteiger charge is 2.46. The lowest BCUT2D eigenvalue weighted by Crippen LogP contribution is -2.26. The molecule has 0 fully saturated rings. The van der Waals surface area contributed by atoms with Crippen molar-refractivity contribution in [2.24, 2.45) is 0 Å². The minimum absolute atomic E-state index is 0.0262. The molecule has 0 amide bonds. The summed E-state index contributed by atoms with van der Waals surface area (Å²) in [5, 5.41) is 0. The molecule has 1 aromatic rings. The van der Waals surface area contributed by atoms with E-state index < -0.39 is 38.9 Å². The Bertz CT molecular complexity index is 906. The van der Waals surface area contributed by atoms with Gasteiger partial charge in [-0.15, -0.1) is 0 Å². The number of hydrogen-bond acceptors (Lipinski definition) is 7. The topological polar surface area (TPSA) is 99.2 Å². The number of carbonyl (C=O) groups excluding carboxylic acids is 1. The van der Waals surface area contributed by atoms with Crippen LogP contribution < -0.4 is 4.31 Å². The fraction of sp³-hybridized carbons (Fsp3) is 0.471. The van der Waals surface area contributed by atoms with Crippen LogP contribution in [0.25, 0.3) is 0 Å². The number of anilines is 1. The maximum atomic E-state index is 12.4. The molecule has 2 unspecified atom stereocenters. The van der Waals surface area contributed by atoms with Gasteiger partial charge in [0.15, 0.2) is 11.4 Å². The maximum Gasteiger partial charge on any atom is 0.339 e. The SMILES string of the molecule is COS(=O)N(C)c1cccc(C(C)C2=C(OS(C)(=O)=O)C(C)(C)OC2=O)c1. The molecule has 8 nitrogen and oxygen atoms in total.